The van der Waals surface area contributed by atoms with Crippen LogP contribution in [0.2, 0.25) is 0 Å². The van der Waals surface area contributed by atoms with Crippen LogP contribution in [0, 0.1) is 5.92 Å². The molecule has 3 aromatic carbocycles. The van der Waals surface area contributed by atoms with Crippen LogP contribution in [0.5, 0.6) is 5.75 Å². The number of carbonyl (C=O) groups excluding carboxylic acids is 1. The summed E-state index contributed by atoms with van der Waals surface area (Å²) in [5.41, 5.74) is 10.4. The quantitative estimate of drug-likeness (QED) is 0.0675. The van der Waals surface area contributed by atoms with E-state index >= 15 is 0 Å². The molecule has 47 heavy (non-hydrogen) atoms. The number of hydrogen-bond acceptors (Lipinski definition) is 6. The predicted molar refractivity (Wildman–Crippen MR) is 189 cm³/mol. The number of carbonyl (C=O) groups is 1. The standard InChI is InChI=1S/C40H51FN2O4/c1-45-26-15-22-36-35(23-24-39(40(36)42)47-30-33-18-9-5-10-19-33)38(44)29-43(28-32-16-7-4-8-17-32)25-13-2-3-14-27-46-31-37(41)34-20-11-6-12-21-34/h4-12,16,18-21,23-24,32,37H,2-3,13-15,17,22,25-31,42H2,1H3. The molecule has 0 spiro atoms. The van der Waals surface area contributed by atoms with E-state index in [1.165, 1.54) is 0 Å². The number of hydrogen-bond donors (Lipinski definition) is 1. The Morgan fingerprint density at radius 1 is 0.936 bits per heavy atom. The highest BCUT2D eigenvalue weighted by Gasteiger charge is 2.21. The van der Waals surface area contributed by atoms with E-state index in [0.717, 1.165) is 62.7 Å². The van der Waals surface area contributed by atoms with Crippen molar-refractivity contribution in [1.82, 2.24) is 4.90 Å². The third-order valence-electron chi connectivity index (χ3n) is 8.50. The summed E-state index contributed by atoms with van der Waals surface area (Å²) in [6, 6.07) is 22.8. The van der Waals surface area contributed by atoms with Crippen LogP contribution in [-0.2, 0) is 22.5 Å². The van der Waals surface area contributed by atoms with Gasteiger partial charge in [-0.1, -0.05) is 97.8 Å². The number of benzene rings is 3. The van der Waals surface area contributed by atoms with Gasteiger partial charge in [-0.15, -0.1) is 0 Å². The number of rotatable bonds is 22. The van der Waals surface area contributed by atoms with E-state index in [9.17, 15) is 9.18 Å². The summed E-state index contributed by atoms with van der Waals surface area (Å²) in [7, 11) is 1.68. The SMILES string of the molecule is COCCCc1c(C(=O)CN(CCCCCCOCC(F)c2ccccc2)CC2C=CC=CC2)ccc(OCc2ccccc2)c1N. The van der Waals surface area contributed by atoms with Crippen molar-refractivity contribution in [2.24, 2.45) is 5.92 Å². The molecule has 2 N–H and O–H groups in total. The molecule has 0 bridgehead atoms. The molecule has 1 aliphatic rings. The molecule has 0 saturated carbocycles. The zero-order valence-corrected chi connectivity index (χ0v) is 27.8. The fraction of sp³-hybridized carbons (Fsp3) is 0.425. The Morgan fingerprint density at radius 3 is 2.45 bits per heavy atom. The molecule has 4 rings (SSSR count). The maximum absolute atomic E-state index is 14.3. The molecule has 252 valence electrons. The number of ether oxygens (including phenoxy) is 3. The highest BCUT2D eigenvalue weighted by atomic mass is 19.1. The van der Waals surface area contributed by atoms with E-state index in [2.05, 4.69) is 29.2 Å². The van der Waals surface area contributed by atoms with Crippen molar-refractivity contribution in [3.05, 3.63) is 119 Å². The van der Waals surface area contributed by atoms with Gasteiger partial charge in [-0.05, 0) is 73.4 Å². The lowest BCUT2D eigenvalue weighted by atomic mass is 9.96. The molecule has 0 amide bonds. The van der Waals surface area contributed by atoms with Gasteiger partial charge in [-0.3, -0.25) is 9.69 Å². The molecule has 6 nitrogen and oxygen atoms in total. The molecule has 0 heterocycles. The molecule has 0 saturated heterocycles. The maximum atomic E-state index is 14.3. The van der Waals surface area contributed by atoms with E-state index in [0.29, 0.717) is 61.3 Å². The highest BCUT2D eigenvalue weighted by Crippen LogP contribution is 2.31. The van der Waals surface area contributed by atoms with Gasteiger partial charge in [0.2, 0.25) is 0 Å². The molecule has 0 aromatic heterocycles. The number of ketones is 1. The first-order valence-electron chi connectivity index (χ1n) is 17.0. The van der Waals surface area contributed by atoms with E-state index in [4.69, 9.17) is 19.9 Å². The van der Waals surface area contributed by atoms with Crippen molar-refractivity contribution in [2.75, 3.05) is 52.3 Å². The Hall–Kier alpha value is -3.78. The van der Waals surface area contributed by atoms with Gasteiger partial charge in [0.1, 0.15) is 18.5 Å². The zero-order chi connectivity index (χ0) is 33.1. The van der Waals surface area contributed by atoms with Gasteiger partial charge in [-0.25, -0.2) is 4.39 Å². The number of nitrogens with zero attached hydrogens (tertiary/aromatic N) is 1. The van der Waals surface area contributed by atoms with Crippen molar-refractivity contribution < 1.29 is 23.4 Å². The summed E-state index contributed by atoms with van der Waals surface area (Å²) in [4.78, 5) is 16.2. The van der Waals surface area contributed by atoms with Crippen molar-refractivity contribution in [1.29, 1.82) is 0 Å². The summed E-state index contributed by atoms with van der Waals surface area (Å²) >= 11 is 0. The number of methoxy groups -OCH3 is 1. The van der Waals surface area contributed by atoms with Crippen molar-refractivity contribution >= 4 is 11.5 Å². The third kappa shape index (κ3) is 12.4. The summed E-state index contributed by atoms with van der Waals surface area (Å²) < 4.78 is 31.3. The number of unbranched alkanes of at least 4 members (excludes halogenated alkanes) is 3. The van der Waals surface area contributed by atoms with Crippen LogP contribution in [0.3, 0.4) is 0 Å². The average Bonchev–Trinajstić information content (AvgIpc) is 3.10. The normalized spacial score (nSPS) is 14.8. The van der Waals surface area contributed by atoms with Crippen LogP contribution < -0.4 is 10.5 Å². The molecule has 7 heteroatoms. The van der Waals surface area contributed by atoms with Crippen LogP contribution in [0.4, 0.5) is 10.1 Å². The van der Waals surface area contributed by atoms with E-state index in [1.54, 1.807) is 19.2 Å². The van der Waals surface area contributed by atoms with E-state index in [-0.39, 0.29) is 12.4 Å². The lowest BCUT2D eigenvalue weighted by Crippen LogP contribution is -2.35. The predicted octanol–water partition coefficient (Wildman–Crippen LogP) is 8.33. The Labute approximate surface area is 280 Å². The first-order valence-corrected chi connectivity index (χ1v) is 17.0. The number of alkyl halides is 1. The maximum Gasteiger partial charge on any atom is 0.177 e. The fourth-order valence-corrected chi connectivity index (χ4v) is 5.89. The Morgan fingerprint density at radius 2 is 1.70 bits per heavy atom. The molecule has 2 unspecified atom stereocenters. The topological polar surface area (TPSA) is 74.0 Å². The Bertz CT molecular complexity index is 1400. The second kappa shape index (κ2) is 20.5. The van der Waals surface area contributed by atoms with Gasteiger partial charge >= 0.3 is 0 Å². The molecule has 1 aliphatic carbocycles. The molecule has 0 fully saturated rings. The monoisotopic (exact) mass is 642 g/mol. The fourth-order valence-electron chi connectivity index (χ4n) is 5.89. The van der Waals surface area contributed by atoms with Crippen molar-refractivity contribution in [3.63, 3.8) is 0 Å². The number of allylic oxidation sites excluding steroid dienone is 3. The lowest BCUT2D eigenvalue weighted by Gasteiger charge is -2.26. The van der Waals surface area contributed by atoms with Crippen LogP contribution in [0.15, 0.2) is 97.1 Å². The number of Topliss-reactive ketones (excluding diaryl/α,β-unsaturated/α-hetero) is 1. The first-order chi connectivity index (χ1) is 23.0. The number of nitrogen functional groups attached to an aromatic ring is 1. The van der Waals surface area contributed by atoms with Gasteiger partial charge in [-0.2, -0.15) is 0 Å². The zero-order valence-electron chi connectivity index (χ0n) is 27.8. The van der Waals surface area contributed by atoms with E-state index < -0.39 is 6.17 Å². The summed E-state index contributed by atoms with van der Waals surface area (Å²) in [5, 5.41) is 0. The molecular weight excluding hydrogens is 591 g/mol. The summed E-state index contributed by atoms with van der Waals surface area (Å²) in [5.74, 6) is 1.04. The van der Waals surface area contributed by atoms with Gasteiger partial charge in [0.25, 0.3) is 0 Å². The second-order valence-electron chi connectivity index (χ2n) is 12.2. The van der Waals surface area contributed by atoms with Crippen molar-refractivity contribution in [2.45, 2.75) is 57.7 Å². The number of anilines is 1. The molecule has 3 aromatic rings. The van der Waals surface area contributed by atoms with Crippen LogP contribution in [0.1, 0.15) is 71.7 Å². The third-order valence-corrected chi connectivity index (χ3v) is 8.50. The molecule has 2 atom stereocenters. The smallest absolute Gasteiger partial charge is 0.177 e. The van der Waals surface area contributed by atoms with Gasteiger partial charge in [0.05, 0.1) is 18.8 Å². The molecular formula is C40H51FN2O4. The van der Waals surface area contributed by atoms with Crippen LogP contribution in [0.25, 0.3) is 0 Å². The molecule has 0 radical (unpaired) electrons. The number of halogens is 1. The minimum absolute atomic E-state index is 0.0710. The average molecular weight is 643 g/mol. The minimum Gasteiger partial charge on any atom is -0.487 e. The lowest BCUT2D eigenvalue weighted by molar-refractivity contribution is 0.0776. The Kier molecular flexibility index (Phi) is 15.7. The van der Waals surface area contributed by atoms with Crippen molar-refractivity contribution in [3.8, 4) is 5.75 Å². The van der Waals surface area contributed by atoms with Gasteiger partial charge in [0.15, 0.2) is 5.78 Å². The second-order valence-corrected chi connectivity index (χ2v) is 12.2. The van der Waals surface area contributed by atoms with Gasteiger partial charge < -0.3 is 19.9 Å². The van der Waals surface area contributed by atoms with Crippen LogP contribution in [-0.4, -0.2) is 57.2 Å². The minimum atomic E-state index is -1.10. The largest absolute Gasteiger partial charge is 0.487 e. The van der Waals surface area contributed by atoms with Crippen LogP contribution >= 0.6 is 0 Å². The Balaban J connectivity index is 1.32. The first kappa shape index (κ1) is 36.1. The molecule has 0 aliphatic heterocycles. The summed E-state index contributed by atoms with van der Waals surface area (Å²) in [6.07, 6.45) is 13.7. The summed E-state index contributed by atoms with van der Waals surface area (Å²) in [6.45, 7) is 3.60. The van der Waals surface area contributed by atoms with E-state index in [1.807, 2.05) is 60.7 Å². The number of nitrogens with two attached hydrogens (primary N) is 1. The highest BCUT2D eigenvalue weighted by molar-refractivity contribution is 6.00. The van der Waals surface area contributed by atoms with Gasteiger partial charge in [0, 0.05) is 32.4 Å².